The predicted octanol–water partition coefficient (Wildman–Crippen LogP) is 2.42. The fraction of sp³-hybridized carbons (Fsp3) is 0.579. The first-order chi connectivity index (χ1) is 12.1. The average Bonchev–Trinajstić information content (AvgIpc) is 2.55. The lowest BCUT2D eigenvalue weighted by Crippen LogP contribution is -2.51. The second-order valence-electron chi connectivity index (χ2n) is 7.15. The first kappa shape index (κ1) is 21.8. The first-order valence-corrected chi connectivity index (χ1v) is 8.61. The molecule has 7 nitrogen and oxygen atoms in total. The molecule has 0 aliphatic heterocycles. The smallest absolute Gasteiger partial charge is 0.407 e. The molecule has 0 radical (unpaired) electrons. The van der Waals surface area contributed by atoms with Gasteiger partial charge in [-0.2, -0.15) is 0 Å². The average molecular weight is 366 g/mol. The van der Waals surface area contributed by atoms with Crippen molar-refractivity contribution in [1.29, 1.82) is 0 Å². The molecule has 0 fully saturated rings. The summed E-state index contributed by atoms with van der Waals surface area (Å²) in [6.07, 6.45) is -0.586. The number of hydrogen-bond acceptors (Lipinski definition) is 6. The Balaban J connectivity index is 2.51. The summed E-state index contributed by atoms with van der Waals surface area (Å²) in [5, 5.41) is 5.67. The van der Waals surface area contributed by atoms with Gasteiger partial charge in [0.1, 0.15) is 24.0 Å². The van der Waals surface area contributed by atoms with E-state index in [9.17, 15) is 9.59 Å². The van der Waals surface area contributed by atoms with Crippen molar-refractivity contribution in [2.24, 2.45) is 0 Å². The molecule has 0 aliphatic rings. The lowest BCUT2D eigenvalue weighted by atomic mass is 10.2. The van der Waals surface area contributed by atoms with E-state index in [1.807, 2.05) is 38.1 Å². The van der Waals surface area contributed by atoms with E-state index >= 15 is 0 Å². The number of aryl methyl sites for hydroxylation is 1. The Morgan fingerprint density at radius 2 is 1.77 bits per heavy atom. The minimum atomic E-state index is -0.705. The second-order valence-corrected chi connectivity index (χ2v) is 7.15. The van der Waals surface area contributed by atoms with Crippen LogP contribution in [0.2, 0.25) is 0 Å². The molecule has 0 bridgehead atoms. The molecule has 146 valence electrons. The van der Waals surface area contributed by atoms with E-state index in [0.717, 1.165) is 11.3 Å². The van der Waals surface area contributed by atoms with Crippen molar-refractivity contribution >= 4 is 12.1 Å². The van der Waals surface area contributed by atoms with E-state index in [1.165, 1.54) is 7.11 Å². The molecule has 1 aromatic rings. The summed E-state index contributed by atoms with van der Waals surface area (Å²) >= 11 is 0. The van der Waals surface area contributed by atoms with Crippen LogP contribution in [0.3, 0.4) is 0 Å². The molecule has 26 heavy (non-hydrogen) atoms. The van der Waals surface area contributed by atoms with E-state index in [4.69, 9.17) is 14.2 Å². The van der Waals surface area contributed by atoms with Crippen molar-refractivity contribution in [2.45, 2.75) is 52.3 Å². The van der Waals surface area contributed by atoms with E-state index in [0.29, 0.717) is 6.61 Å². The standard InChI is InChI=1S/C19H30N2O5/c1-13-7-9-15(10-8-13)25-12-14(2)21-16(17(22)24-6)11-20-18(23)26-19(3,4)5/h7-10,14,16,21H,11-12H2,1-6H3,(H,20,23). The van der Waals surface area contributed by atoms with Crippen molar-refractivity contribution in [3.05, 3.63) is 29.8 Å². The van der Waals surface area contributed by atoms with Crippen LogP contribution < -0.4 is 15.4 Å². The zero-order valence-corrected chi connectivity index (χ0v) is 16.4. The molecule has 2 atom stereocenters. The highest BCUT2D eigenvalue weighted by molar-refractivity contribution is 5.77. The lowest BCUT2D eigenvalue weighted by molar-refractivity contribution is -0.143. The van der Waals surface area contributed by atoms with Gasteiger partial charge in [0.25, 0.3) is 0 Å². The number of hydrogen-bond donors (Lipinski definition) is 2. The quantitative estimate of drug-likeness (QED) is 0.687. The third kappa shape index (κ3) is 8.71. The third-order valence-corrected chi connectivity index (χ3v) is 3.34. The number of benzene rings is 1. The van der Waals surface area contributed by atoms with Gasteiger partial charge in [0.2, 0.25) is 0 Å². The molecule has 0 aromatic heterocycles. The summed E-state index contributed by atoms with van der Waals surface area (Å²) in [5.41, 5.74) is 0.551. The summed E-state index contributed by atoms with van der Waals surface area (Å²) in [5.74, 6) is 0.286. The Morgan fingerprint density at radius 3 is 2.31 bits per heavy atom. The minimum absolute atomic E-state index is 0.0520. The number of amides is 1. The number of ether oxygens (including phenoxy) is 3. The Kier molecular flexibility index (Phi) is 8.38. The molecule has 1 rings (SSSR count). The number of alkyl carbamates (subject to hydrolysis) is 1. The second kappa shape index (κ2) is 10.0. The molecule has 0 saturated carbocycles. The highest BCUT2D eigenvalue weighted by Gasteiger charge is 2.23. The van der Waals surface area contributed by atoms with E-state index < -0.39 is 23.7 Å². The molecule has 0 aliphatic carbocycles. The molecular formula is C19H30N2O5. The molecule has 0 spiro atoms. The molecule has 0 heterocycles. The van der Waals surface area contributed by atoms with Gasteiger partial charge < -0.3 is 19.5 Å². The predicted molar refractivity (Wildman–Crippen MR) is 99.3 cm³/mol. The van der Waals surface area contributed by atoms with Gasteiger partial charge in [-0.3, -0.25) is 10.1 Å². The van der Waals surface area contributed by atoms with E-state index in [-0.39, 0.29) is 12.6 Å². The molecule has 2 N–H and O–H groups in total. The van der Waals surface area contributed by atoms with Crippen LogP contribution in [0.1, 0.15) is 33.3 Å². The first-order valence-electron chi connectivity index (χ1n) is 8.61. The van der Waals surface area contributed by atoms with Gasteiger partial charge in [-0.1, -0.05) is 17.7 Å². The topological polar surface area (TPSA) is 85.9 Å². The summed E-state index contributed by atoms with van der Waals surface area (Å²) in [4.78, 5) is 23.7. The van der Waals surface area contributed by atoms with Gasteiger partial charge in [-0.05, 0) is 46.8 Å². The number of carbonyl (C=O) groups excluding carboxylic acids is 2. The molecule has 1 amide bonds. The van der Waals surface area contributed by atoms with E-state index in [2.05, 4.69) is 10.6 Å². The van der Waals surface area contributed by atoms with Crippen LogP contribution in [0.25, 0.3) is 0 Å². The molecule has 7 heteroatoms. The van der Waals surface area contributed by atoms with Crippen LogP contribution in [0.4, 0.5) is 4.79 Å². The SMILES string of the molecule is COC(=O)C(CNC(=O)OC(C)(C)C)NC(C)COc1ccc(C)cc1. The van der Waals surface area contributed by atoms with E-state index in [1.54, 1.807) is 20.8 Å². The largest absolute Gasteiger partial charge is 0.492 e. The Hall–Kier alpha value is -2.28. The van der Waals surface area contributed by atoms with Crippen molar-refractivity contribution in [1.82, 2.24) is 10.6 Å². The Bertz CT molecular complexity index is 581. The summed E-state index contributed by atoms with van der Waals surface area (Å²) < 4.78 is 15.7. The van der Waals surface area contributed by atoms with Crippen LogP contribution >= 0.6 is 0 Å². The highest BCUT2D eigenvalue weighted by atomic mass is 16.6. The number of esters is 1. The summed E-state index contributed by atoms with van der Waals surface area (Å²) in [6, 6.07) is 6.88. The Labute approximate surface area is 155 Å². The zero-order chi connectivity index (χ0) is 19.7. The van der Waals surface area contributed by atoms with Crippen LogP contribution in [0.5, 0.6) is 5.75 Å². The maximum absolute atomic E-state index is 11.9. The normalized spacial score (nSPS) is 13.5. The number of nitrogens with one attached hydrogen (secondary N) is 2. The van der Waals surface area contributed by atoms with Crippen LogP contribution in [0.15, 0.2) is 24.3 Å². The molecule has 1 aromatic carbocycles. The number of methoxy groups -OCH3 is 1. The maximum atomic E-state index is 11.9. The van der Waals surface area contributed by atoms with Gasteiger partial charge in [0.05, 0.1) is 7.11 Å². The maximum Gasteiger partial charge on any atom is 0.407 e. The van der Waals surface area contributed by atoms with Crippen LogP contribution in [-0.2, 0) is 14.3 Å². The van der Waals surface area contributed by atoms with Crippen LogP contribution in [-0.4, -0.2) is 50.0 Å². The monoisotopic (exact) mass is 366 g/mol. The number of carbonyl (C=O) groups is 2. The third-order valence-electron chi connectivity index (χ3n) is 3.34. The van der Waals surface area contributed by atoms with Gasteiger partial charge in [0.15, 0.2) is 0 Å². The number of rotatable bonds is 8. The minimum Gasteiger partial charge on any atom is -0.492 e. The summed E-state index contributed by atoms with van der Waals surface area (Å²) in [7, 11) is 1.30. The van der Waals surface area contributed by atoms with Gasteiger partial charge in [-0.25, -0.2) is 4.79 Å². The lowest BCUT2D eigenvalue weighted by Gasteiger charge is -2.24. The molecular weight excluding hydrogens is 336 g/mol. The van der Waals surface area contributed by atoms with Gasteiger partial charge >= 0.3 is 12.1 Å². The fourth-order valence-corrected chi connectivity index (χ4v) is 2.10. The van der Waals surface area contributed by atoms with Crippen molar-refractivity contribution < 1.29 is 23.8 Å². The van der Waals surface area contributed by atoms with Crippen LogP contribution in [0, 0.1) is 6.92 Å². The highest BCUT2D eigenvalue weighted by Crippen LogP contribution is 2.11. The fourth-order valence-electron chi connectivity index (χ4n) is 2.10. The van der Waals surface area contributed by atoms with Gasteiger partial charge in [-0.15, -0.1) is 0 Å². The Morgan fingerprint density at radius 1 is 1.15 bits per heavy atom. The van der Waals surface area contributed by atoms with Crippen molar-refractivity contribution in [3.8, 4) is 5.75 Å². The van der Waals surface area contributed by atoms with Gasteiger partial charge in [0, 0.05) is 12.6 Å². The zero-order valence-electron chi connectivity index (χ0n) is 16.4. The molecule has 2 unspecified atom stereocenters. The summed E-state index contributed by atoms with van der Waals surface area (Å²) in [6.45, 7) is 9.62. The molecule has 0 saturated heterocycles. The van der Waals surface area contributed by atoms with Crippen molar-refractivity contribution in [2.75, 3.05) is 20.3 Å². The van der Waals surface area contributed by atoms with Crippen molar-refractivity contribution in [3.63, 3.8) is 0 Å².